The zero-order valence-corrected chi connectivity index (χ0v) is 15.3. The zero-order chi connectivity index (χ0) is 19.4. The van der Waals surface area contributed by atoms with Crippen LogP contribution in [0, 0.1) is 0 Å². The summed E-state index contributed by atoms with van der Waals surface area (Å²) in [4.78, 5) is 25.2. The van der Waals surface area contributed by atoms with Crippen molar-refractivity contribution >= 4 is 22.4 Å². The van der Waals surface area contributed by atoms with Gasteiger partial charge in [-0.05, 0) is 56.3 Å². The van der Waals surface area contributed by atoms with Crippen molar-refractivity contribution in [3.63, 3.8) is 0 Å². The van der Waals surface area contributed by atoms with E-state index in [0.717, 1.165) is 0 Å². The largest absolute Gasteiger partial charge is 0.494 e. The number of hydrogen-bond acceptors (Lipinski definition) is 4. The van der Waals surface area contributed by atoms with E-state index in [0.29, 0.717) is 34.4 Å². The number of rotatable bonds is 6. The third-order valence-electron chi connectivity index (χ3n) is 4.39. The summed E-state index contributed by atoms with van der Waals surface area (Å²) in [6.45, 7) is 4.11. The molecule has 6 heteroatoms. The van der Waals surface area contributed by atoms with E-state index < -0.39 is 0 Å². The number of fused-ring (bicyclic) bond motifs is 1. The first-order chi connectivity index (χ1) is 13.0. The summed E-state index contributed by atoms with van der Waals surface area (Å²) in [6.07, 6.45) is 1.64. The third kappa shape index (κ3) is 3.85. The number of nitrogens with one attached hydrogen (secondary N) is 1. The van der Waals surface area contributed by atoms with Crippen molar-refractivity contribution in [2.24, 2.45) is 0 Å². The Kier molecular flexibility index (Phi) is 5.57. The Labute approximate surface area is 157 Å². The summed E-state index contributed by atoms with van der Waals surface area (Å²) in [6, 6.07) is 13.5. The highest BCUT2D eigenvalue weighted by Crippen LogP contribution is 2.22. The van der Waals surface area contributed by atoms with Crippen LogP contribution < -0.4 is 15.6 Å². The molecule has 3 aromatic rings. The van der Waals surface area contributed by atoms with Crippen molar-refractivity contribution in [3.05, 3.63) is 70.6 Å². The molecule has 0 bridgehead atoms. The number of hydrogen-bond donors (Lipinski definition) is 2. The fraction of sp³-hybridized carbons (Fsp3) is 0.238. The number of aliphatic hydroxyl groups excluding tert-OH is 1. The Morgan fingerprint density at radius 3 is 2.56 bits per heavy atom. The van der Waals surface area contributed by atoms with E-state index in [1.165, 1.54) is 4.57 Å². The van der Waals surface area contributed by atoms with Crippen LogP contribution in [0.4, 0.5) is 5.69 Å². The molecule has 1 heterocycles. The van der Waals surface area contributed by atoms with E-state index in [1.807, 2.05) is 6.92 Å². The molecule has 3 rings (SSSR count). The summed E-state index contributed by atoms with van der Waals surface area (Å²) >= 11 is 0. The van der Waals surface area contributed by atoms with Crippen LogP contribution in [-0.4, -0.2) is 28.8 Å². The molecule has 1 unspecified atom stereocenters. The van der Waals surface area contributed by atoms with E-state index in [1.54, 1.807) is 61.7 Å². The normalized spacial score (nSPS) is 12.0. The molecule has 0 spiro atoms. The van der Waals surface area contributed by atoms with Crippen molar-refractivity contribution in [2.75, 3.05) is 18.5 Å². The molecular formula is C21H22N2O4. The number of carbonyl (C=O) groups is 1. The Morgan fingerprint density at radius 1 is 1.15 bits per heavy atom. The molecule has 1 amide bonds. The molecule has 0 aliphatic carbocycles. The molecule has 27 heavy (non-hydrogen) atoms. The Bertz CT molecular complexity index is 1010. The Morgan fingerprint density at radius 2 is 1.89 bits per heavy atom. The van der Waals surface area contributed by atoms with Crippen molar-refractivity contribution in [2.45, 2.75) is 19.9 Å². The van der Waals surface area contributed by atoms with Crippen molar-refractivity contribution < 1.29 is 14.6 Å². The summed E-state index contributed by atoms with van der Waals surface area (Å²) in [5, 5.41) is 13.3. The minimum Gasteiger partial charge on any atom is -0.494 e. The van der Waals surface area contributed by atoms with Crippen LogP contribution in [0.2, 0.25) is 0 Å². The standard InChI is InChI=1S/C21H22N2O4/c1-3-27-16-9-7-15(8-10-16)20(25)22-19-6-4-5-18-17(19)11-12-23(21(18)26)14(2)13-24/h4-12,14,24H,3,13H2,1-2H3,(H,22,25). The lowest BCUT2D eigenvalue weighted by molar-refractivity contribution is 0.102. The molecule has 0 aliphatic rings. The van der Waals surface area contributed by atoms with Gasteiger partial charge in [0.05, 0.1) is 19.3 Å². The van der Waals surface area contributed by atoms with E-state index in [9.17, 15) is 14.7 Å². The maximum atomic E-state index is 12.7. The Balaban J connectivity index is 1.91. The SMILES string of the molecule is CCOc1ccc(C(=O)Nc2cccc3c(=O)n(C(C)CO)ccc23)cc1. The van der Waals surface area contributed by atoms with Crippen LogP contribution in [0.1, 0.15) is 30.2 Å². The maximum absolute atomic E-state index is 12.7. The molecule has 140 valence electrons. The van der Waals surface area contributed by atoms with Gasteiger partial charge in [-0.2, -0.15) is 0 Å². The second kappa shape index (κ2) is 8.05. The third-order valence-corrected chi connectivity index (χ3v) is 4.39. The predicted octanol–water partition coefficient (Wildman–Crippen LogP) is 3.21. The van der Waals surface area contributed by atoms with E-state index >= 15 is 0 Å². The van der Waals surface area contributed by atoms with Gasteiger partial charge in [-0.15, -0.1) is 0 Å². The topological polar surface area (TPSA) is 80.6 Å². The molecule has 2 aromatic carbocycles. The van der Waals surface area contributed by atoms with Crippen LogP contribution in [0.15, 0.2) is 59.5 Å². The van der Waals surface area contributed by atoms with E-state index in [2.05, 4.69) is 5.32 Å². The van der Waals surface area contributed by atoms with Gasteiger partial charge in [0.2, 0.25) is 0 Å². The molecule has 6 nitrogen and oxygen atoms in total. The Hall–Kier alpha value is -3.12. The van der Waals surface area contributed by atoms with Crippen LogP contribution in [0.5, 0.6) is 5.75 Å². The lowest BCUT2D eigenvalue weighted by Gasteiger charge is -2.14. The molecule has 0 fully saturated rings. The zero-order valence-electron chi connectivity index (χ0n) is 15.3. The average Bonchev–Trinajstić information content (AvgIpc) is 2.69. The predicted molar refractivity (Wildman–Crippen MR) is 106 cm³/mol. The number of amides is 1. The van der Waals surface area contributed by atoms with Crippen molar-refractivity contribution in [3.8, 4) is 5.75 Å². The highest BCUT2D eigenvalue weighted by Gasteiger charge is 2.12. The van der Waals surface area contributed by atoms with Gasteiger partial charge in [0, 0.05) is 28.2 Å². The molecule has 0 saturated carbocycles. The first-order valence-corrected chi connectivity index (χ1v) is 8.84. The lowest BCUT2D eigenvalue weighted by atomic mass is 10.1. The van der Waals surface area contributed by atoms with Gasteiger partial charge in [0.25, 0.3) is 11.5 Å². The smallest absolute Gasteiger partial charge is 0.258 e. The highest BCUT2D eigenvalue weighted by molar-refractivity contribution is 6.09. The molecule has 0 aliphatic heterocycles. The van der Waals surface area contributed by atoms with E-state index in [-0.39, 0.29) is 24.1 Å². The average molecular weight is 366 g/mol. The highest BCUT2D eigenvalue weighted by atomic mass is 16.5. The first kappa shape index (κ1) is 18.7. The van der Waals surface area contributed by atoms with Gasteiger partial charge < -0.3 is 19.7 Å². The summed E-state index contributed by atoms with van der Waals surface area (Å²) < 4.78 is 6.87. The molecule has 2 N–H and O–H groups in total. The lowest BCUT2D eigenvalue weighted by Crippen LogP contribution is -2.25. The van der Waals surface area contributed by atoms with E-state index in [4.69, 9.17) is 4.74 Å². The molecule has 0 saturated heterocycles. The number of aromatic nitrogens is 1. The second-order valence-electron chi connectivity index (χ2n) is 6.24. The van der Waals surface area contributed by atoms with Crippen LogP contribution in [0.3, 0.4) is 0 Å². The number of aliphatic hydroxyl groups is 1. The van der Waals surface area contributed by atoms with Gasteiger partial charge in [0.1, 0.15) is 5.75 Å². The fourth-order valence-corrected chi connectivity index (χ4v) is 2.90. The van der Waals surface area contributed by atoms with Gasteiger partial charge in [-0.3, -0.25) is 9.59 Å². The van der Waals surface area contributed by atoms with Crippen molar-refractivity contribution in [1.29, 1.82) is 0 Å². The van der Waals surface area contributed by atoms with Crippen molar-refractivity contribution in [1.82, 2.24) is 4.57 Å². The first-order valence-electron chi connectivity index (χ1n) is 8.84. The minimum atomic E-state index is -0.316. The summed E-state index contributed by atoms with van der Waals surface area (Å²) in [7, 11) is 0. The van der Waals surface area contributed by atoms with Gasteiger partial charge >= 0.3 is 0 Å². The number of pyridine rings is 1. The molecule has 1 atom stereocenters. The summed E-state index contributed by atoms with van der Waals surface area (Å²) in [5.74, 6) is 0.441. The quantitative estimate of drug-likeness (QED) is 0.702. The van der Waals surface area contributed by atoms with Crippen LogP contribution >= 0.6 is 0 Å². The number of anilines is 1. The van der Waals surface area contributed by atoms with Crippen LogP contribution in [-0.2, 0) is 0 Å². The van der Waals surface area contributed by atoms with Crippen LogP contribution in [0.25, 0.3) is 10.8 Å². The van der Waals surface area contributed by atoms with Gasteiger partial charge in [0.15, 0.2) is 0 Å². The second-order valence-corrected chi connectivity index (χ2v) is 6.24. The molecular weight excluding hydrogens is 344 g/mol. The van der Waals surface area contributed by atoms with Gasteiger partial charge in [-0.1, -0.05) is 6.07 Å². The van der Waals surface area contributed by atoms with Gasteiger partial charge in [-0.25, -0.2) is 0 Å². The fourth-order valence-electron chi connectivity index (χ4n) is 2.90. The maximum Gasteiger partial charge on any atom is 0.258 e. The number of ether oxygens (including phenoxy) is 1. The number of benzene rings is 2. The molecule has 1 aromatic heterocycles. The number of carbonyl (C=O) groups excluding carboxylic acids is 1. The summed E-state index contributed by atoms with van der Waals surface area (Å²) in [5.41, 5.74) is 0.858. The number of nitrogens with zero attached hydrogens (tertiary/aromatic N) is 1. The minimum absolute atomic E-state index is 0.125. The monoisotopic (exact) mass is 366 g/mol. The molecule has 0 radical (unpaired) electrons.